The monoisotopic (exact) mass is 242 g/mol. The van der Waals surface area contributed by atoms with Crippen molar-refractivity contribution in [1.82, 2.24) is 9.88 Å². The lowest BCUT2D eigenvalue weighted by molar-refractivity contribution is 0.199. The van der Waals surface area contributed by atoms with Gasteiger partial charge in [-0.05, 0) is 17.0 Å². The van der Waals surface area contributed by atoms with E-state index in [0.717, 1.165) is 19.7 Å². The molecule has 0 unspecified atom stereocenters. The molecule has 18 heavy (non-hydrogen) atoms. The summed E-state index contributed by atoms with van der Waals surface area (Å²) in [5, 5.41) is 4.60. The predicted molar refractivity (Wildman–Crippen MR) is 74.4 cm³/mol. The second-order valence-corrected chi connectivity index (χ2v) is 4.17. The molecule has 0 spiro atoms. The molecule has 94 valence electrons. The van der Waals surface area contributed by atoms with Crippen LogP contribution in [0.1, 0.15) is 5.56 Å². The van der Waals surface area contributed by atoms with Gasteiger partial charge in [0.1, 0.15) is 0 Å². The van der Waals surface area contributed by atoms with Crippen molar-refractivity contribution < 1.29 is 4.74 Å². The van der Waals surface area contributed by atoms with Gasteiger partial charge in [-0.25, -0.2) is 0 Å². The van der Waals surface area contributed by atoms with E-state index in [2.05, 4.69) is 40.1 Å². The van der Waals surface area contributed by atoms with Crippen molar-refractivity contribution in [2.45, 2.75) is 13.1 Å². The molecular formula is C15H18N2O. The highest BCUT2D eigenvalue weighted by Crippen LogP contribution is 2.20. The van der Waals surface area contributed by atoms with Gasteiger partial charge >= 0.3 is 0 Å². The zero-order valence-electron chi connectivity index (χ0n) is 10.6. The molecule has 0 saturated carbocycles. The van der Waals surface area contributed by atoms with Gasteiger partial charge in [0, 0.05) is 26.4 Å². The first-order valence-corrected chi connectivity index (χ1v) is 6.06. The fourth-order valence-corrected chi connectivity index (χ4v) is 2.11. The molecule has 0 atom stereocenters. The van der Waals surface area contributed by atoms with Crippen molar-refractivity contribution >= 4 is 10.9 Å². The van der Waals surface area contributed by atoms with E-state index in [9.17, 15) is 0 Å². The van der Waals surface area contributed by atoms with Gasteiger partial charge < -0.3 is 14.6 Å². The minimum atomic E-state index is 0.610. The summed E-state index contributed by atoms with van der Waals surface area (Å²) >= 11 is 0. The van der Waals surface area contributed by atoms with Crippen LogP contribution in [0, 0.1) is 12.3 Å². The summed E-state index contributed by atoms with van der Waals surface area (Å²) in [5.74, 6) is 2.69. The quantitative estimate of drug-likeness (QED) is 0.619. The number of terminal acetylenes is 1. The van der Waals surface area contributed by atoms with Crippen LogP contribution in [0.3, 0.4) is 0 Å². The Morgan fingerprint density at radius 1 is 1.39 bits per heavy atom. The SMILES string of the molecule is C#CCn1ccc2cccc(CNCCOC)c21. The van der Waals surface area contributed by atoms with Crippen molar-refractivity contribution in [2.75, 3.05) is 20.3 Å². The first-order chi connectivity index (χ1) is 8.86. The van der Waals surface area contributed by atoms with Crippen molar-refractivity contribution in [2.24, 2.45) is 0 Å². The highest BCUT2D eigenvalue weighted by atomic mass is 16.5. The lowest BCUT2D eigenvalue weighted by atomic mass is 10.1. The summed E-state index contributed by atoms with van der Waals surface area (Å²) in [6.07, 6.45) is 7.44. The Labute approximate surface area is 108 Å². The molecule has 2 rings (SSSR count). The van der Waals surface area contributed by atoms with Gasteiger partial charge in [0.15, 0.2) is 0 Å². The van der Waals surface area contributed by atoms with E-state index >= 15 is 0 Å². The fourth-order valence-electron chi connectivity index (χ4n) is 2.11. The molecule has 0 fully saturated rings. The van der Waals surface area contributed by atoms with Gasteiger partial charge in [0.05, 0.1) is 18.7 Å². The number of fused-ring (bicyclic) bond motifs is 1. The number of nitrogens with one attached hydrogen (secondary N) is 1. The molecule has 3 nitrogen and oxygen atoms in total. The van der Waals surface area contributed by atoms with Crippen molar-refractivity contribution in [1.29, 1.82) is 0 Å². The number of nitrogens with zero attached hydrogens (tertiary/aromatic N) is 1. The molecule has 0 bridgehead atoms. The minimum Gasteiger partial charge on any atom is -0.383 e. The molecule has 3 heteroatoms. The molecule has 0 aliphatic rings. The number of rotatable bonds is 6. The largest absolute Gasteiger partial charge is 0.383 e. The van der Waals surface area contributed by atoms with Crippen LogP contribution in [-0.2, 0) is 17.8 Å². The molecule has 1 aromatic heterocycles. The van der Waals surface area contributed by atoms with Crippen LogP contribution in [0.15, 0.2) is 30.5 Å². The normalized spacial score (nSPS) is 10.7. The molecular weight excluding hydrogens is 224 g/mol. The minimum absolute atomic E-state index is 0.610. The Bertz CT molecular complexity index is 551. The summed E-state index contributed by atoms with van der Waals surface area (Å²) in [6, 6.07) is 8.43. The van der Waals surface area contributed by atoms with E-state index in [-0.39, 0.29) is 0 Å². The third-order valence-corrected chi connectivity index (χ3v) is 2.93. The molecule has 1 heterocycles. The van der Waals surface area contributed by atoms with Crippen LogP contribution in [0.5, 0.6) is 0 Å². The maximum Gasteiger partial charge on any atom is 0.0835 e. The number of methoxy groups -OCH3 is 1. The molecule has 0 aliphatic carbocycles. The second kappa shape index (κ2) is 6.25. The average Bonchev–Trinajstić information content (AvgIpc) is 2.79. The van der Waals surface area contributed by atoms with Crippen LogP contribution in [0.4, 0.5) is 0 Å². The van der Waals surface area contributed by atoms with Gasteiger partial charge in [-0.2, -0.15) is 0 Å². The number of hydrogen-bond donors (Lipinski definition) is 1. The lowest BCUT2D eigenvalue weighted by Gasteiger charge is -2.09. The van der Waals surface area contributed by atoms with Crippen molar-refractivity contribution in [3.05, 3.63) is 36.0 Å². The molecule has 1 N–H and O–H groups in total. The zero-order valence-corrected chi connectivity index (χ0v) is 10.6. The lowest BCUT2D eigenvalue weighted by Crippen LogP contribution is -2.19. The third-order valence-electron chi connectivity index (χ3n) is 2.93. The van der Waals surface area contributed by atoms with Crippen LogP contribution in [0.2, 0.25) is 0 Å². The summed E-state index contributed by atoms with van der Waals surface area (Å²) in [4.78, 5) is 0. The van der Waals surface area contributed by atoms with Gasteiger partial charge in [-0.15, -0.1) is 6.42 Å². The second-order valence-electron chi connectivity index (χ2n) is 4.17. The summed E-state index contributed by atoms with van der Waals surface area (Å²) in [6.45, 7) is 3.01. The summed E-state index contributed by atoms with van der Waals surface area (Å²) < 4.78 is 7.13. The Morgan fingerprint density at radius 2 is 2.28 bits per heavy atom. The van der Waals surface area contributed by atoms with Gasteiger partial charge in [-0.1, -0.05) is 24.1 Å². The Morgan fingerprint density at radius 3 is 3.06 bits per heavy atom. The molecule has 0 aliphatic heterocycles. The first kappa shape index (κ1) is 12.7. The third kappa shape index (κ3) is 2.73. The standard InChI is InChI=1S/C15H18N2O/c1-3-9-17-10-7-13-5-4-6-14(15(13)17)12-16-8-11-18-2/h1,4-7,10,16H,8-9,11-12H2,2H3. The number of para-hydroxylation sites is 1. The summed E-state index contributed by atoms with van der Waals surface area (Å²) in [5.41, 5.74) is 2.49. The van der Waals surface area contributed by atoms with E-state index in [1.54, 1.807) is 7.11 Å². The first-order valence-electron chi connectivity index (χ1n) is 6.06. The maximum atomic E-state index is 5.40. The maximum absolute atomic E-state index is 5.40. The van der Waals surface area contributed by atoms with E-state index in [0.29, 0.717) is 6.54 Å². The van der Waals surface area contributed by atoms with Gasteiger partial charge in [0.25, 0.3) is 0 Å². The average molecular weight is 242 g/mol. The van der Waals surface area contributed by atoms with E-state index in [4.69, 9.17) is 11.2 Å². The van der Waals surface area contributed by atoms with Crippen LogP contribution >= 0.6 is 0 Å². The Kier molecular flexibility index (Phi) is 4.40. The smallest absolute Gasteiger partial charge is 0.0835 e. The zero-order chi connectivity index (χ0) is 12.8. The van der Waals surface area contributed by atoms with Crippen LogP contribution < -0.4 is 5.32 Å². The number of benzene rings is 1. The molecule has 0 saturated heterocycles. The molecule has 0 amide bonds. The number of hydrogen-bond acceptors (Lipinski definition) is 2. The highest BCUT2D eigenvalue weighted by molar-refractivity contribution is 5.83. The van der Waals surface area contributed by atoms with Crippen LogP contribution in [0.25, 0.3) is 10.9 Å². The number of ether oxygens (including phenoxy) is 1. The summed E-state index contributed by atoms with van der Waals surface area (Å²) in [7, 11) is 1.71. The van der Waals surface area contributed by atoms with E-state index in [1.807, 2.05) is 6.20 Å². The fraction of sp³-hybridized carbons (Fsp3) is 0.333. The van der Waals surface area contributed by atoms with E-state index in [1.165, 1.54) is 16.5 Å². The van der Waals surface area contributed by atoms with Crippen molar-refractivity contribution in [3.63, 3.8) is 0 Å². The van der Waals surface area contributed by atoms with E-state index < -0.39 is 0 Å². The molecule has 1 aromatic carbocycles. The molecule has 0 radical (unpaired) electrons. The molecule has 2 aromatic rings. The number of aromatic nitrogens is 1. The predicted octanol–water partition coefficient (Wildman–Crippen LogP) is 2.01. The Hall–Kier alpha value is -1.76. The van der Waals surface area contributed by atoms with Crippen molar-refractivity contribution in [3.8, 4) is 12.3 Å². The Balaban J connectivity index is 2.20. The van der Waals surface area contributed by atoms with Gasteiger partial charge in [0.2, 0.25) is 0 Å². The highest BCUT2D eigenvalue weighted by Gasteiger charge is 2.05. The topological polar surface area (TPSA) is 26.2 Å². The van der Waals surface area contributed by atoms with Crippen LogP contribution in [-0.4, -0.2) is 24.8 Å². The van der Waals surface area contributed by atoms with Gasteiger partial charge in [-0.3, -0.25) is 0 Å².